The van der Waals surface area contributed by atoms with Crippen molar-refractivity contribution in [2.75, 3.05) is 0 Å². The molecule has 0 radical (unpaired) electrons. The van der Waals surface area contributed by atoms with Crippen LogP contribution in [0.25, 0.3) is 33.9 Å². The van der Waals surface area contributed by atoms with E-state index in [-0.39, 0.29) is 0 Å². The quantitative estimate of drug-likeness (QED) is 0.429. The summed E-state index contributed by atoms with van der Waals surface area (Å²) in [5, 5.41) is 1.41. The van der Waals surface area contributed by atoms with Gasteiger partial charge in [0.2, 0.25) is 0 Å². The normalized spacial score (nSPS) is 10.8. The molecule has 0 aliphatic carbocycles. The second kappa shape index (κ2) is 6.75. The van der Waals surface area contributed by atoms with Gasteiger partial charge >= 0.3 is 0 Å². The number of H-pyrrole nitrogens is 1. The average Bonchev–Trinajstić information content (AvgIpc) is 3.09. The molecule has 4 rings (SSSR count). The van der Waals surface area contributed by atoms with Crippen LogP contribution in [0.15, 0.2) is 78.9 Å². The van der Waals surface area contributed by atoms with Crippen LogP contribution in [0.4, 0.5) is 0 Å². The summed E-state index contributed by atoms with van der Waals surface area (Å²) < 4.78 is 0. The number of aromatic amines is 1. The van der Waals surface area contributed by atoms with Crippen molar-refractivity contribution in [3.63, 3.8) is 0 Å². The van der Waals surface area contributed by atoms with E-state index in [9.17, 15) is 0 Å². The monoisotopic (exact) mass is 364 g/mol. The predicted octanol–water partition coefficient (Wildman–Crippen LogP) is 6.72. The van der Waals surface area contributed by atoms with Gasteiger partial charge in [-0.15, -0.1) is 0 Å². The highest BCUT2D eigenvalue weighted by Crippen LogP contribution is 2.33. The first-order chi connectivity index (χ1) is 12.2. The van der Waals surface area contributed by atoms with Gasteiger partial charge in [-0.05, 0) is 24.3 Å². The number of benzene rings is 3. The lowest BCUT2D eigenvalue weighted by Gasteiger charge is -2.03. The van der Waals surface area contributed by atoms with Crippen LogP contribution >= 0.6 is 23.2 Å². The summed E-state index contributed by atoms with van der Waals surface area (Å²) in [4.78, 5) is 8.31. The van der Waals surface area contributed by atoms with Crippen molar-refractivity contribution in [3.8, 4) is 33.9 Å². The van der Waals surface area contributed by atoms with Gasteiger partial charge in [0.05, 0.1) is 11.4 Å². The van der Waals surface area contributed by atoms with Crippen LogP contribution in [-0.2, 0) is 0 Å². The molecular formula is C21H14Cl2N2. The van der Waals surface area contributed by atoms with Crippen molar-refractivity contribution in [3.05, 3.63) is 88.9 Å². The summed E-state index contributed by atoms with van der Waals surface area (Å²) in [5.41, 5.74) is 4.92. The van der Waals surface area contributed by atoms with E-state index in [0.29, 0.717) is 10.0 Å². The highest BCUT2D eigenvalue weighted by molar-refractivity contribution is 6.31. The SMILES string of the molecule is Clc1ccc(-c2nc(-c3ccccc3)[nH]c2-c2ccc(Cl)cc2)cc1. The van der Waals surface area contributed by atoms with Crippen LogP contribution in [0.3, 0.4) is 0 Å². The molecule has 0 atom stereocenters. The first-order valence-electron chi connectivity index (χ1n) is 7.88. The van der Waals surface area contributed by atoms with Crippen LogP contribution in [0.2, 0.25) is 10.0 Å². The molecule has 0 amide bonds. The molecule has 0 spiro atoms. The summed E-state index contributed by atoms with van der Waals surface area (Å²) in [6, 6.07) is 25.5. The molecule has 1 N–H and O–H groups in total. The molecule has 4 aromatic rings. The third-order valence-electron chi connectivity index (χ3n) is 4.00. The topological polar surface area (TPSA) is 28.7 Å². The van der Waals surface area contributed by atoms with E-state index >= 15 is 0 Å². The molecule has 2 nitrogen and oxygen atoms in total. The zero-order chi connectivity index (χ0) is 17.2. The van der Waals surface area contributed by atoms with Gasteiger partial charge in [0.1, 0.15) is 5.82 Å². The van der Waals surface area contributed by atoms with Crippen molar-refractivity contribution >= 4 is 23.2 Å². The lowest BCUT2D eigenvalue weighted by molar-refractivity contribution is 1.31. The van der Waals surface area contributed by atoms with E-state index in [2.05, 4.69) is 4.98 Å². The Kier molecular flexibility index (Phi) is 4.31. The van der Waals surface area contributed by atoms with Crippen molar-refractivity contribution in [2.45, 2.75) is 0 Å². The van der Waals surface area contributed by atoms with Crippen LogP contribution in [0.1, 0.15) is 0 Å². The summed E-state index contributed by atoms with van der Waals surface area (Å²) in [7, 11) is 0. The first kappa shape index (κ1) is 15.9. The summed E-state index contributed by atoms with van der Waals surface area (Å²) in [6.45, 7) is 0. The van der Waals surface area contributed by atoms with Gasteiger partial charge in [-0.25, -0.2) is 4.98 Å². The number of halogens is 2. The standard InChI is InChI=1S/C21H14Cl2N2/c22-17-10-6-14(7-11-17)19-20(15-8-12-18(23)13-9-15)25-21(24-19)16-4-2-1-3-5-16/h1-13H,(H,24,25). The highest BCUT2D eigenvalue weighted by atomic mass is 35.5. The lowest BCUT2D eigenvalue weighted by atomic mass is 10.1. The average molecular weight is 365 g/mol. The number of nitrogens with zero attached hydrogens (tertiary/aromatic N) is 1. The highest BCUT2D eigenvalue weighted by Gasteiger charge is 2.15. The first-order valence-corrected chi connectivity index (χ1v) is 8.63. The number of rotatable bonds is 3. The molecule has 0 saturated carbocycles. The van der Waals surface area contributed by atoms with E-state index < -0.39 is 0 Å². The number of imidazole rings is 1. The minimum absolute atomic E-state index is 0.704. The van der Waals surface area contributed by atoms with Gasteiger partial charge in [-0.1, -0.05) is 77.8 Å². The summed E-state index contributed by atoms with van der Waals surface area (Å²) >= 11 is 12.1. The second-order valence-electron chi connectivity index (χ2n) is 5.69. The van der Waals surface area contributed by atoms with Crippen molar-refractivity contribution < 1.29 is 0 Å². The molecule has 0 bridgehead atoms. The van der Waals surface area contributed by atoms with Crippen LogP contribution < -0.4 is 0 Å². The van der Waals surface area contributed by atoms with Crippen LogP contribution in [-0.4, -0.2) is 9.97 Å². The maximum atomic E-state index is 6.03. The third-order valence-corrected chi connectivity index (χ3v) is 4.51. The Bertz CT molecular complexity index is 926. The fourth-order valence-electron chi connectivity index (χ4n) is 2.75. The van der Waals surface area contributed by atoms with Crippen LogP contribution in [0.5, 0.6) is 0 Å². The molecule has 0 fully saturated rings. The lowest BCUT2D eigenvalue weighted by Crippen LogP contribution is -1.83. The maximum absolute atomic E-state index is 6.03. The number of aromatic nitrogens is 2. The molecular weight excluding hydrogens is 351 g/mol. The number of hydrogen-bond acceptors (Lipinski definition) is 1. The number of hydrogen-bond donors (Lipinski definition) is 1. The minimum atomic E-state index is 0.704. The third kappa shape index (κ3) is 3.32. The molecule has 0 unspecified atom stereocenters. The molecule has 122 valence electrons. The molecule has 0 aliphatic heterocycles. The fourth-order valence-corrected chi connectivity index (χ4v) is 3.00. The molecule has 3 aromatic carbocycles. The zero-order valence-corrected chi connectivity index (χ0v) is 14.7. The van der Waals surface area contributed by atoms with Gasteiger partial charge in [0.25, 0.3) is 0 Å². The van der Waals surface area contributed by atoms with E-state index in [0.717, 1.165) is 33.9 Å². The van der Waals surface area contributed by atoms with Crippen LogP contribution in [0, 0.1) is 0 Å². The zero-order valence-electron chi connectivity index (χ0n) is 13.2. The Labute approximate surface area is 156 Å². The minimum Gasteiger partial charge on any atom is -0.337 e. The Morgan fingerprint density at radius 1 is 0.600 bits per heavy atom. The van der Waals surface area contributed by atoms with Gasteiger partial charge < -0.3 is 4.98 Å². The Morgan fingerprint density at radius 2 is 1.16 bits per heavy atom. The predicted molar refractivity (Wildman–Crippen MR) is 105 cm³/mol. The molecule has 0 aliphatic rings. The second-order valence-corrected chi connectivity index (χ2v) is 6.56. The Morgan fingerprint density at radius 3 is 1.76 bits per heavy atom. The van der Waals surface area contributed by atoms with Gasteiger partial charge in [0.15, 0.2) is 0 Å². The van der Waals surface area contributed by atoms with E-state index in [1.807, 2.05) is 78.9 Å². The molecule has 1 heterocycles. The van der Waals surface area contributed by atoms with Gasteiger partial charge in [-0.2, -0.15) is 0 Å². The molecule has 1 aromatic heterocycles. The maximum Gasteiger partial charge on any atom is 0.138 e. The molecule has 0 saturated heterocycles. The van der Waals surface area contributed by atoms with E-state index in [1.54, 1.807) is 0 Å². The Balaban J connectivity index is 1.89. The van der Waals surface area contributed by atoms with E-state index in [1.165, 1.54) is 0 Å². The van der Waals surface area contributed by atoms with Gasteiger partial charge in [-0.3, -0.25) is 0 Å². The molecule has 25 heavy (non-hydrogen) atoms. The summed E-state index contributed by atoms with van der Waals surface area (Å²) in [5.74, 6) is 0.829. The Hall–Kier alpha value is -2.55. The molecule has 4 heteroatoms. The van der Waals surface area contributed by atoms with E-state index in [4.69, 9.17) is 28.2 Å². The largest absolute Gasteiger partial charge is 0.337 e. The van der Waals surface area contributed by atoms with Crippen molar-refractivity contribution in [2.24, 2.45) is 0 Å². The smallest absolute Gasteiger partial charge is 0.138 e. The van der Waals surface area contributed by atoms with Crippen molar-refractivity contribution in [1.82, 2.24) is 9.97 Å². The fraction of sp³-hybridized carbons (Fsp3) is 0. The van der Waals surface area contributed by atoms with Crippen molar-refractivity contribution in [1.29, 1.82) is 0 Å². The van der Waals surface area contributed by atoms with Gasteiger partial charge in [0, 0.05) is 26.7 Å². The number of nitrogens with one attached hydrogen (secondary N) is 1. The summed E-state index contributed by atoms with van der Waals surface area (Å²) in [6.07, 6.45) is 0.